The molecule has 0 aromatic rings. The van der Waals surface area contributed by atoms with Crippen molar-refractivity contribution in [3.63, 3.8) is 0 Å². The van der Waals surface area contributed by atoms with Crippen molar-refractivity contribution in [1.29, 1.82) is 0 Å². The second kappa shape index (κ2) is 5.98. The molecule has 3 nitrogen and oxygen atoms in total. The van der Waals surface area contributed by atoms with Gasteiger partial charge in [-0.25, -0.2) is 0 Å². The van der Waals surface area contributed by atoms with Crippen LogP contribution in [0.1, 0.15) is 59.8 Å². The van der Waals surface area contributed by atoms with Gasteiger partial charge in [-0.15, -0.1) is 0 Å². The summed E-state index contributed by atoms with van der Waals surface area (Å²) in [5, 5.41) is 11.8. The molecule has 20 heavy (non-hydrogen) atoms. The van der Waals surface area contributed by atoms with Crippen LogP contribution >= 0.6 is 11.8 Å². The zero-order chi connectivity index (χ0) is 15.0. The van der Waals surface area contributed by atoms with E-state index in [0.717, 1.165) is 19.3 Å². The molecule has 2 aliphatic rings. The molecule has 116 valence electrons. The van der Waals surface area contributed by atoms with Crippen LogP contribution in [0.25, 0.3) is 0 Å². The van der Waals surface area contributed by atoms with E-state index in [-0.39, 0.29) is 17.0 Å². The Morgan fingerprint density at radius 2 is 1.65 bits per heavy atom. The first-order chi connectivity index (χ1) is 9.22. The van der Waals surface area contributed by atoms with E-state index >= 15 is 0 Å². The van der Waals surface area contributed by atoms with Gasteiger partial charge in [0.15, 0.2) is 0 Å². The second-order valence-corrected chi connectivity index (χ2v) is 8.99. The molecule has 2 rings (SSSR count). The Morgan fingerprint density at radius 3 is 2.15 bits per heavy atom. The van der Waals surface area contributed by atoms with Gasteiger partial charge in [0, 0.05) is 23.4 Å². The van der Waals surface area contributed by atoms with Crippen LogP contribution in [0.3, 0.4) is 0 Å². The smallest absolute Gasteiger partial charge is 0.136 e. The maximum absolute atomic E-state index is 12.6. The molecule has 0 atom stereocenters. The molecule has 0 spiro atoms. The maximum atomic E-state index is 12.6. The molecule has 2 fully saturated rings. The van der Waals surface area contributed by atoms with E-state index in [0.29, 0.717) is 11.7 Å². The minimum absolute atomic E-state index is 0.109. The van der Waals surface area contributed by atoms with Crippen molar-refractivity contribution in [2.24, 2.45) is 11.8 Å². The monoisotopic (exact) mass is 299 g/mol. The average Bonchev–Trinajstić information content (AvgIpc) is 2.36. The normalized spacial score (nSPS) is 28.4. The van der Waals surface area contributed by atoms with E-state index in [9.17, 15) is 10.0 Å². The van der Waals surface area contributed by atoms with Crippen LogP contribution in [0.2, 0.25) is 0 Å². The quantitative estimate of drug-likeness (QED) is 0.861. The van der Waals surface area contributed by atoms with Crippen LogP contribution in [0.5, 0.6) is 0 Å². The molecule has 0 unspecified atom stereocenters. The summed E-state index contributed by atoms with van der Waals surface area (Å²) in [4.78, 5) is 12.6. The van der Waals surface area contributed by atoms with Crippen molar-refractivity contribution >= 4 is 17.5 Å². The van der Waals surface area contributed by atoms with Crippen LogP contribution < -0.4 is 0 Å². The van der Waals surface area contributed by atoms with Gasteiger partial charge in [-0.05, 0) is 70.8 Å². The summed E-state index contributed by atoms with van der Waals surface area (Å²) >= 11 is 2.01. The summed E-state index contributed by atoms with van der Waals surface area (Å²) in [6.45, 7) is 8.13. The summed E-state index contributed by atoms with van der Waals surface area (Å²) in [7, 11) is 0. The number of ketones is 1. The number of nitrogens with zero attached hydrogens (tertiary/aromatic N) is 1. The fourth-order valence-electron chi connectivity index (χ4n) is 3.90. The highest BCUT2D eigenvalue weighted by Crippen LogP contribution is 2.41. The lowest BCUT2D eigenvalue weighted by Crippen LogP contribution is -2.59. The lowest BCUT2D eigenvalue weighted by molar-refractivity contribution is -0.249. The lowest BCUT2D eigenvalue weighted by Gasteiger charge is -2.51. The standard InChI is InChI=1S/C16H29NO2S/c1-15(2)10-13(11-16(3,4)17(15)19)14(18)9-12-5-7-20-8-6-12/h12-13,19H,5-11H2,1-4H3. The molecular formula is C16H29NO2S. The summed E-state index contributed by atoms with van der Waals surface area (Å²) in [5.74, 6) is 3.56. The maximum Gasteiger partial charge on any atom is 0.136 e. The Morgan fingerprint density at radius 1 is 1.15 bits per heavy atom. The summed E-state index contributed by atoms with van der Waals surface area (Å²) < 4.78 is 0. The zero-order valence-corrected chi connectivity index (χ0v) is 14.1. The zero-order valence-electron chi connectivity index (χ0n) is 13.3. The number of thioether (sulfide) groups is 1. The van der Waals surface area contributed by atoms with Gasteiger partial charge in [0.2, 0.25) is 0 Å². The number of carbonyl (C=O) groups excluding carboxylic acids is 1. The van der Waals surface area contributed by atoms with Crippen molar-refractivity contribution in [1.82, 2.24) is 5.06 Å². The number of hydroxylamine groups is 2. The van der Waals surface area contributed by atoms with Crippen molar-refractivity contribution in [3.05, 3.63) is 0 Å². The molecule has 0 amide bonds. The highest BCUT2D eigenvalue weighted by Gasteiger charge is 2.46. The van der Waals surface area contributed by atoms with Gasteiger partial charge in [0.05, 0.1) is 0 Å². The minimum atomic E-state index is -0.315. The second-order valence-electron chi connectivity index (χ2n) is 7.77. The van der Waals surface area contributed by atoms with E-state index < -0.39 is 0 Å². The Labute approximate surface area is 127 Å². The van der Waals surface area contributed by atoms with Crippen molar-refractivity contribution in [2.75, 3.05) is 11.5 Å². The SMILES string of the molecule is CC1(C)CC(C(=O)CC2CCSCC2)CC(C)(C)N1O. The summed E-state index contributed by atoms with van der Waals surface area (Å²) in [5.41, 5.74) is -0.630. The van der Waals surface area contributed by atoms with E-state index in [1.165, 1.54) is 29.4 Å². The van der Waals surface area contributed by atoms with Gasteiger partial charge < -0.3 is 5.21 Å². The highest BCUT2D eigenvalue weighted by atomic mass is 32.2. The fraction of sp³-hybridized carbons (Fsp3) is 0.938. The summed E-state index contributed by atoms with van der Waals surface area (Å²) in [6.07, 6.45) is 4.69. The predicted molar refractivity (Wildman–Crippen MR) is 84.2 cm³/mol. The molecule has 2 heterocycles. The Kier molecular flexibility index (Phi) is 4.87. The van der Waals surface area contributed by atoms with Crippen LogP contribution in [-0.2, 0) is 4.79 Å². The molecule has 0 aromatic heterocycles. The third-order valence-electron chi connectivity index (χ3n) is 4.92. The van der Waals surface area contributed by atoms with E-state index in [1.54, 1.807) is 0 Å². The van der Waals surface area contributed by atoms with Crippen molar-refractivity contribution < 1.29 is 10.0 Å². The third kappa shape index (κ3) is 3.58. The molecule has 0 bridgehead atoms. The molecule has 2 aliphatic heterocycles. The summed E-state index contributed by atoms with van der Waals surface area (Å²) in [6, 6.07) is 0. The van der Waals surface area contributed by atoms with Gasteiger partial charge in [0.25, 0.3) is 0 Å². The minimum Gasteiger partial charge on any atom is -0.313 e. The van der Waals surface area contributed by atoms with Gasteiger partial charge >= 0.3 is 0 Å². The van der Waals surface area contributed by atoms with Gasteiger partial charge in [0.1, 0.15) is 5.78 Å². The Bertz CT molecular complexity index is 343. The number of hydrogen-bond donors (Lipinski definition) is 1. The predicted octanol–water partition coefficient (Wildman–Crippen LogP) is 3.75. The number of hydrogen-bond acceptors (Lipinski definition) is 4. The van der Waals surface area contributed by atoms with E-state index in [2.05, 4.69) is 0 Å². The Hall–Kier alpha value is -0.0600. The molecule has 0 radical (unpaired) electrons. The first-order valence-electron chi connectivity index (χ1n) is 7.82. The molecule has 2 saturated heterocycles. The average molecular weight is 299 g/mol. The van der Waals surface area contributed by atoms with E-state index in [1.807, 2.05) is 39.5 Å². The third-order valence-corrected chi connectivity index (χ3v) is 5.97. The largest absolute Gasteiger partial charge is 0.313 e. The molecule has 0 saturated carbocycles. The molecule has 0 aliphatic carbocycles. The van der Waals surface area contributed by atoms with Crippen LogP contribution in [0.4, 0.5) is 0 Å². The van der Waals surface area contributed by atoms with Crippen LogP contribution in [0, 0.1) is 11.8 Å². The molecule has 0 aromatic carbocycles. The molecular weight excluding hydrogens is 270 g/mol. The highest BCUT2D eigenvalue weighted by molar-refractivity contribution is 7.99. The van der Waals surface area contributed by atoms with Gasteiger partial charge in [-0.1, -0.05) is 0 Å². The van der Waals surface area contributed by atoms with Crippen molar-refractivity contribution in [3.8, 4) is 0 Å². The number of carbonyl (C=O) groups is 1. The van der Waals surface area contributed by atoms with Gasteiger partial charge in [-0.3, -0.25) is 4.79 Å². The van der Waals surface area contributed by atoms with Crippen molar-refractivity contribution in [2.45, 2.75) is 70.9 Å². The number of rotatable bonds is 3. The first kappa shape index (κ1) is 16.3. The van der Waals surface area contributed by atoms with Gasteiger partial charge in [-0.2, -0.15) is 16.8 Å². The Balaban J connectivity index is 1.99. The topological polar surface area (TPSA) is 40.5 Å². The van der Waals surface area contributed by atoms with E-state index in [4.69, 9.17) is 0 Å². The van der Waals surface area contributed by atoms with Crippen LogP contribution in [-0.4, -0.2) is 38.6 Å². The van der Waals surface area contributed by atoms with Crippen LogP contribution in [0.15, 0.2) is 0 Å². The molecule has 4 heteroatoms. The lowest BCUT2D eigenvalue weighted by atomic mass is 9.72. The first-order valence-corrected chi connectivity index (χ1v) is 8.97. The molecule has 1 N–H and O–H groups in total. The fourth-order valence-corrected chi connectivity index (χ4v) is 5.10. The number of piperidine rings is 1. The number of Topliss-reactive ketones (excluding diaryl/α,β-unsaturated/α-hetero) is 1.